The predicted octanol–water partition coefficient (Wildman–Crippen LogP) is 1.07. The van der Waals surface area contributed by atoms with Gasteiger partial charge in [-0.05, 0) is 19.8 Å². The van der Waals surface area contributed by atoms with E-state index in [1.54, 1.807) is 13.8 Å². The summed E-state index contributed by atoms with van der Waals surface area (Å²) < 4.78 is 5.31. The summed E-state index contributed by atoms with van der Waals surface area (Å²) >= 11 is 0. The van der Waals surface area contributed by atoms with E-state index in [0.29, 0.717) is 37.8 Å². The minimum atomic E-state index is -0.728. The summed E-state index contributed by atoms with van der Waals surface area (Å²) in [5, 5.41) is 16.8. The Morgan fingerprint density at radius 3 is 2.50 bits per heavy atom. The number of piperidine rings is 1. The lowest BCUT2D eigenvalue weighted by Crippen LogP contribution is -2.42. The number of rotatable bonds is 2. The van der Waals surface area contributed by atoms with Crippen LogP contribution in [-0.2, 0) is 4.79 Å². The van der Waals surface area contributed by atoms with Crippen molar-refractivity contribution < 1.29 is 14.3 Å². The molecule has 1 aromatic heterocycles. The summed E-state index contributed by atoms with van der Waals surface area (Å²) in [5.74, 6) is -0.199. The number of aromatic nitrogens is 2. The second kappa shape index (κ2) is 3.77. The summed E-state index contributed by atoms with van der Waals surface area (Å²) in [4.78, 5) is 13.0. The number of carboxylic acids is 1. The average Bonchev–Trinajstić information content (AvgIpc) is 2.66. The first-order valence-electron chi connectivity index (χ1n) is 5.30. The molecule has 0 atom stereocenters. The normalized spacial score (nSPS) is 19.8. The maximum atomic E-state index is 11.1. The van der Waals surface area contributed by atoms with Crippen molar-refractivity contribution in [2.24, 2.45) is 5.41 Å². The van der Waals surface area contributed by atoms with Gasteiger partial charge in [0.05, 0.1) is 5.41 Å². The van der Waals surface area contributed by atoms with Gasteiger partial charge in [-0.25, -0.2) is 0 Å². The van der Waals surface area contributed by atoms with Gasteiger partial charge in [-0.2, -0.15) is 0 Å². The fourth-order valence-corrected chi connectivity index (χ4v) is 1.82. The van der Waals surface area contributed by atoms with Gasteiger partial charge in [-0.1, -0.05) is 5.10 Å². The van der Waals surface area contributed by atoms with Crippen molar-refractivity contribution in [2.75, 3.05) is 18.0 Å². The fourth-order valence-electron chi connectivity index (χ4n) is 1.82. The van der Waals surface area contributed by atoms with Crippen molar-refractivity contribution in [3.63, 3.8) is 0 Å². The molecule has 1 N–H and O–H groups in total. The van der Waals surface area contributed by atoms with Crippen molar-refractivity contribution in [1.82, 2.24) is 10.2 Å². The largest absolute Gasteiger partial charge is 0.481 e. The Labute approximate surface area is 93.3 Å². The molecule has 1 aliphatic heterocycles. The molecule has 2 rings (SSSR count). The van der Waals surface area contributed by atoms with Crippen LogP contribution >= 0.6 is 0 Å². The summed E-state index contributed by atoms with van der Waals surface area (Å²) in [5.41, 5.74) is -0.619. The van der Waals surface area contributed by atoms with Crippen molar-refractivity contribution in [3.8, 4) is 0 Å². The molecular formula is C10H15N3O3. The molecule has 1 fully saturated rings. The number of nitrogens with zero attached hydrogens (tertiary/aromatic N) is 3. The number of anilines is 1. The van der Waals surface area contributed by atoms with Crippen LogP contribution in [0.2, 0.25) is 0 Å². The Hall–Kier alpha value is -1.59. The Balaban J connectivity index is 2.03. The van der Waals surface area contributed by atoms with Crippen molar-refractivity contribution in [2.45, 2.75) is 26.7 Å². The van der Waals surface area contributed by atoms with Crippen LogP contribution in [0.1, 0.15) is 25.7 Å². The first-order valence-corrected chi connectivity index (χ1v) is 5.30. The zero-order chi connectivity index (χ0) is 11.8. The summed E-state index contributed by atoms with van der Waals surface area (Å²) in [6, 6.07) is 0.491. The van der Waals surface area contributed by atoms with E-state index in [4.69, 9.17) is 9.52 Å². The Morgan fingerprint density at radius 1 is 1.44 bits per heavy atom. The molecule has 2 heterocycles. The van der Waals surface area contributed by atoms with E-state index in [0.717, 1.165) is 0 Å². The van der Waals surface area contributed by atoms with Crippen LogP contribution in [0.5, 0.6) is 0 Å². The van der Waals surface area contributed by atoms with Crippen LogP contribution in [-0.4, -0.2) is 34.4 Å². The number of carbonyl (C=O) groups is 1. The molecule has 0 aromatic carbocycles. The molecule has 1 aromatic rings. The fraction of sp³-hybridized carbons (Fsp3) is 0.700. The molecular weight excluding hydrogens is 210 g/mol. The van der Waals surface area contributed by atoms with Gasteiger partial charge in [-0.15, -0.1) is 5.10 Å². The third-order valence-electron chi connectivity index (χ3n) is 3.17. The van der Waals surface area contributed by atoms with E-state index < -0.39 is 11.4 Å². The maximum absolute atomic E-state index is 11.1. The Morgan fingerprint density at radius 2 is 2.06 bits per heavy atom. The zero-order valence-electron chi connectivity index (χ0n) is 9.43. The van der Waals surface area contributed by atoms with Crippen LogP contribution in [0, 0.1) is 12.3 Å². The van der Waals surface area contributed by atoms with Crippen LogP contribution in [0.15, 0.2) is 4.42 Å². The first-order chi connectivity index (χ1) is 7.51. The number of aliphatic carboxylic acids is 1. The highest BCUT2D eigenvalue weighted by atomic mass is 16.4. The number of hydrogen-bond donors (Lipinski definition) is 1. The standard InChI is InChI=1S/C10H15N3O3/c1-7-11-12-9(16-7)13-5-3-10(2,4-6-13)8(14)15/h3-6H2,1-2H3,(H,14,15). The summed E-state index contributed by atoms with van der Waals surface area (Å²) in [6.07, 6.45) is 1.20. The first kappa shape index (κ1) is 10.9. The third kappa shape index (κ3) is 1.87. The van der Waals surface area contributed by atoms with Gasteiger partial charge in [0.1, 0.15) is 0 Å². The monoisotopic (exact) mass is 225 g/mol. The second-order valence-corrected chi connectivity index (χ2v) is 4.46. The summed E-state index contributed by atoms with van der Waals surface area (Å²) in [7, 11) is 0. The topological polar surface area (TPSA) is 79.5 Å². The van der Waals surface area contributed by atoms with E-state index in [9.17, 15) is 4.79 Å². The van der Waals surface area contributed by atoms with Crippen molar-refractivity contribution in [1.29, 1.82) is 0 Å². The van der Waals surface area contributed by atoms with Crippen molar-refractivity contribution in [3.05, 3.63) is 5.89 Å². The molecule has 1 saturated heterocycles. The van der Waals surface area contributed by atoms with Gasteiger partial charge in [0, 0.05) is 20.0 Å². The summed E-state index contributed by atoms with van der Waals surface area (Å²) in [6.45, 7) is 4.81. The molecule has 0 saturated carbocycles. The molecule has 88 valence electrons. The van der Waals surface area contributed by atoms with E-state index in [1.165, 1.54) is 0 Å². The Bertz CT molecular complexity index is 394. The third-order valence-corrected chi connectivity index (χ3v) is 3.17. The van der Waals surface area contributed by atoms with E-state index in [2.05, 4.69) is 10.2 Å². The van der Waals surface area contributed by atoms with E-state index >= 15 is 0 Å². The van der Waals surface area contributed by atoms with E-state index in [-0.39, 0.29) is 0 Å². The molecule has 16 heavy (non-hydrogen) atoms. The van der Waals surface area contributed by atoms with E-state index in [1.807, 2.05) is 4.90 Å². The highest BCUT2D eigenvalue weighted by Crippen LogP contribution is 2.32. The zero-order valence-corrected chi connectivity index (χ0v) is 9.43. The number of carboxylic acid groups (broad SMARTS) is 1. The van der Waals surface area contributed by atoms with Gasteiger partial charge >= 0.3 is 12.0 Å². The molecule has 0 spiro atoms. The highest BCUT2D eigenvalue weighted by molar-refractivity contribution is 5.74. The smallest absolute Gasteiger partial charge is 0.318 e. The lowest BCUT2D eigenvalue weighted by molar-refractivity contribution is -0.149. The van der Waals surface area contributed by atoms with Crippen LogP contribution in [0.25, 0.3) is 0 Å². The van der Waals surface area contributed by atoms with Gasteiger partial charge in [0.15, 0.2) is 0 Å². The Kier molecular flexibility index (Phi) is 2.57. The molecule has 0 amide bonds. The predicted molar refractivity (Wildman–Crippen MR) is 56.2 cm³/mol. The molecule has 0 unspecified atom stereocenters. The van der Waals surface area contributed by atoms with Gasteiger partial charge in [-0.3, -0.25) is 4.79 Å². The molecule has 0 bridgehead atoms. The van der Waals surface area contributed by atoms with Gasteiger partial charge < -0.3 is 14.4 Å². The highest BCUT2D eigenvalue weighted by Gasteiger charge is 2.37. The quantitative estimate of drug-likeness (QED) is 0.811. The molecule has 6 heteroatoms. The minimum absolute atomic E-state index is 0.491. The average molecular weight is 225 g/mol. The molecule has 0 radical (unpaired) electrons. The van der Waals surface area contributed by atoms with Gasteiger partial charge in [0.2, 0.25) is 5.89 Å². The molecule has 6 nitrogen and oxygen atoms in total. The van der Waals surface area contributed by atoms with Crippen LogP contribution in [0.3, 0.4) is 0 Å². The number of hydrogen-bond acceptors (Lipinski definition) is 5. The maximum Gasteiger partial charge on any atom is 0.318 e. The number of aryl methyl sites for hydroxylation is 1. The second-order valence-electron chi connectivity index (χ2n) is 4.46. The minimum Gasteiger partial charge on any atom is -0.481 e. The van der Waals surface area contributed by atoms with Gasteiger partial charge in [0.25, 0.3) is 0 Å². The SMILES string of the molecule is Cc1nnc(N2CCC(C)(C(=O)O)CC2)o1. The lowest BCUT2D eigenvalue weighted by atomic mass is 9.81. The molecule has 0 aliphatic carbocycles. The lowest BCUT2D eigenvalue weighted by Gasteiger charge is -2.35. The molecule has 1 aliphatic rings. The van der Waals surface area contributed by atoms with Crippen molar-refractivity contribution >= 4 is 12.0 Å². The van der Waals surface area contributed by atoms with Crippen LogP contribution < -0.4 is 4.90 Å². The van der Waals surface area contributed by atoms with Crippen LogP contribution in [0.4, 0.5) is 6.01 Å².